The maximum atomic E-state index is 12.1. The van der Waals surface area contributed by atoms with Gasteiger partial charge in [-0.3, -0.25) is 9.00 Å². The van der Waals surface area contributed by atoms with Crippen molar-refractivity contribution in [3.05, 3.63) is 41.5 Å². The number of carbonyl (C=O) groups excluding carboxylic acids is 1. The molecule has 1 N–H and O–H groups in total. The van der Waals surface area contributed by atoms with Crippen LogP contribution in [-0.4, -0.2) is 29.6 Å². The number of anilines is 1. The van der Waals surface area contributed by atoms with Crippen LogP contribution in [0.4, 0.5) is 5.69 Å². The van der Waals surface area contributed by atoms with Crippen molar-refractivity contribution >= 4 is 22.4 Å². The molecule has 1 atom stereocenters. The number of amides is 1. The number of allylic oxidation sites excluding steroid dienone is 1. The smallest absolute Gasteiger partial charge is 0.248 e. The fourth-order valence-corrected chi connectivity index (χ4v) is 3.74. The molecule has 4 nitrogen and oxygen atoms in total. The second-order valence-electron chi connectivity index (χ2n) is 5.83. The van der Waals surface area contributed by atoms with E-state index in [1.165, 1.54) is 24.8 Å². The number of carbonyl (C=O) groups is 1. The molecule has 1 unspecified atom stereocenters. The zero-order valence-corrected chi connectivity index (χ0v) is 14.5. The van der Waals surface area contributed by atoms with E-state index >= 15 is 0 Å². The van der Waals surface area contributed by atoms with Crippen molar-refractivity contribution in [2.24, 2.45) is 0 Å². The highest BCUT2D eigenvalue weighted by molar-refractivity contribution is 7.84. The van der Waals surface area contributed by atoms with Gasteiger partial charge in [-0.15, -0.1) is 0 Å². The van der Waals surface area contributed by atoms with Crippen molar-refractivity contribution in [1.82, 2.24) is 0 Å². The molecule has 1 fully saturated rings. The van der Waals surface area contributed by atoms with Crippen LogP contribution in [0.25, 0.3) is 0 Å². The molecule has 1 aliphatic carbocycles. The van der Waals surface area contributed by atoms with E-state index in [-0.39, 0.29) is 5.91 Å². The Labute approximate surface area is 140 Å². The molecule has 1 amide bonds. The zero-order chi connectivity index (χ0) is 16.5. The first kappa shape index (κ1) is 17.9. The Balaban J connectivity index is 1.91. The van der Waals surface area contributed by atoms with Gasteiger partial charge < -0.3 is 10.1 Å². The number of hydrogen-bond donors (Lipinski definition) is 1. The number of benzene rings is 1. The standard InChI is InChI=1S/C18H25NO3S/c1-22-10-11-23(21)14-16-8-5-9-17(12-16)19-18(20)13-15-6-3-2-4-7-15/h5,8-9,12-13H,2-4,6-7,10-11,14H2,1H3,(H,19,20). The Morgan fingerprint density at radius 3 is 2.83 bits per heavy atom. The summed E-state index contributed by atoms with van der Waals surface area (Å²) in [6.45, 7) is 0.497. The van der Waals surface area contributed by atoms with Gasteiger partial charge in [0.2, 0.25) is 5.91 Å². The van der Waals surface area contributed by atoms with Crippen molar-refractivity contribution in [3.8, 4) is 0 Å². The molecule has 126 valence electrons. The fraction of sp³-hybridized carbons (Fsp3) is 0.500. The Bertz CT molecular complexity index is 575. The molecular formula is C18H25NO3S. The Morgan fingerprint density at radius 1 is 1.30 bits per heavy atom. The van der Waals surface area contributed by atoms with Crippen LogP contribution >= 0.6 is 0 Å². The Hall–Kier alpha value is -1.46. The summed E-state index contributed by atoms with van der Waals surface area (Å²) in [6, 6.07) is 7.56. The maximum Gasteiger partial charge on any atom is 0.248 e. The summed E-state index contributed by atoms with van der Waals surface area (Å²) in [7, 11) is 0.658. The predicted octanol–water partition coefficient (Wildman–Crippen LogP) is 3.41. The van der Waals surface area contributed by atoms with E-state index in [0.717, 1.165) is 24.1 Å². The van der Waals surface area contributed by atoms with Crippen LogP contribution < -0.4 is 5.32 Å². The molecule has 0 aliphatic heterocycles. The highest BCUT2D eigenvalue weighted by atomic mass is 32.2. The van der Waals surface area contributed by atoms with E-state index in [9.17, 15) is 9.00 Å². The number of hydrogen-bond acceptors (Lipinski definition) is 3. The molecule has 1 aromatic carbocycles. The molecular weight excluding hydrogens is 310 g/mol. The highest BCUT2D eigenvalue weighted by Gasteiger charge is 2.08. The van der Waals surface area contributed by atoms with Crippen molar-refractivity contribution < 1.29 is 13.7 Å². The number of nitrogens with one attached hydrogen (secondary N) is 1. The Kier molecular flexibility index (Phi) is 7.49. The minimum atomic E-state index is -0.947. The van der Waals surface area contributed by atoms with Crippen LogP contribution in [0.2, 0.25) is 0 Å². The second-order valence-corrected chi connectivity index (χ2v) is 7.41. The third-order valence-corrected chi connectivity index (χ3v) is 5.15. The lowest BCUT2D eigenvalue weighted by atomic mass is 9.94. The van der Waals surface area contributed by atoms with Gasteiger partial charge in [-0.25, -0.2) is 0 Å². The average molecular weight is 335 g/mol. The molecule has 2 rings (SSSR count). The molecule has 0 spiro atoms. The molecule has 1 saturated carbocycles. The molecule has 5 heteroatoms. The lowest BCUT2D eigenvalue weighted by Crippen LogP contribution is -2.11. The second kappa shape index (κ2) is 9.63. The van der Waals surface area contributed by atoms with Gasteiger partial charge in [0.1, 0.15) is 0 Å². The topological polar surface area (TPSA) is 55.4 Å². The normalized spacial score (nSPS) is 16.0. The predicted molar refractivity (Wildman–Crippen MR) is 94.8 cm³/mol. The Morgan fingerprint density at radius 2 is 2.09 bits per heavy atom. The molecule has 0 bridgehead atoms. The molecule has 0 heterocycles. The van der Waals surface area contributed by atoms with E-state index in [1.807, 2.05) is 24.3 Å². The van der Waals surface area contributed by atoms with Crippen molar-refractivity contribution in [2.75, 3.05) is 24.8 Å². The number of ether oxygens (including phenoxy) is 1. The van der Waals surface area contributed by atoms with Gasteiger partial charge in [-0.05, 0) is 43.4 Å². The SMILES string of the molecule is COCCS(=O)Cc1cccc(NC(=O)C=C2CCCCC2)c1. The van der Waals surface area contributed by atoms with Crippen molar-refractivity contribution in [1.29, 1.82) is 0 Å². The molecule has 1 aliphatic rings. The first-order chi connectivity index (χ1) is 11.2. The lowest BCUT2D eigenvalue weighted by Gasteiger charge is -2.13. The lowest BCUT2D eigenvalue weighted by molar-refractivity contribution is -0.112. The quantitative estimate of drug-likeness (QED) is 0.777. The molecule has 0 aromatic heterocycles. The van der Waals surface area contributed by atoms with E-state index in [2.05, 4.69) is 5.32 Å². The number of methoxy groups -OCH3 is 1. The van der Waals surface area contributed by atoms with Gasteiger partial charge >= 0.3 is 0 Å². The summed E-state index contributed by atoms with van der Waals surface area (Å²) in [6.07, 6.45) is 7.44. The molecule has 1 aromatic rings. The van der Waals surface area contributed by atoms with E-state index in [1.54, 1.807) is 13.2 Å². The largest absolute Gasteiger partial charge is 0.384 e. The van der Waals surface area contributed by atoms with E-state index in [0.29, 0.717) is 18.1 Å². The monoisotopic (exact) mass is 335 g/mol. The summed E-state index contributed by atoms with van der Waals surface area (Å²) >= 11 is 0. The highest BCUT2D eigenvalue weighted by Crippen LogP contribution is 2.22. The van der Waals surface area contributed by atoms with Crippen LogP contribution in [0.1, 0.15) is 37.7 Å². The first-order valence-electron chi connectivity index (χ1n) is 8.10. The van der Waals surface area contributed by atoms with Gasteiger partial charge in [-0.2, -0.15) is 0 Å². The van der Waals surface area contributed by atoms with Gasteiger partial charge in [0, 0.05) is 41.2 Å². The molecule has 0 saturated heterocycles. The molecule has 23 heavy (non-hydrogen) atoms. The van der Waals surface area contributed by atoms with Crippen molar-refractivity contribution in [3.63, 3.8) is 0 Å². The zero-order valence-electron chi connectivity index (χ0n) is 13.7. The summed E-state index contributed by atoms with van der Waals surface area (Å²) in [5, 5.41) is 2.91. The van der Waals surface area contributed by atoms with Crippen LogP contribution in [-0.2, 0) is 26.1 Å². The van der Waals surface area contributed by atoms with Crippen LogP contribution in [0.3, 0.4) is 0 Å². The van der Waals surface area contributed by atoms with Crippen molar-refractivity contribution in [2.45, 2.75) is 37.9 Å². The summed E-state index contributed by atoms with van der Waals surface area (Å²) in [5.74, 6) is 0.937. The van der Waals surface area contributed by atoms with Gasteiger partial charge in [0.25, 0.3) is 0 Å². The number of rotatable bonds is 7. The molecule has 0 radical (unpaired) electrons. The van der Waals surface area contributed by atoms with E-state index in [4.69, 9.17) is 4.74 Å². The third kappa shape index (κ3) is 6.67. The first-order valence-corrected chi connectivity index (χ1v) is 9.59. The van der Waals surface area contributed by atoms with Gasteiger partial charge in [-0.1, -0.05) is 24.1 Å². The minimum absolute atomic E-state index is 0.0699. The average Bonchev–Trinajstić information content (AvgIpc) is 2.54. The summed E-state index contributed by atoms with van der Waals surface area (Å²) in [4.78, 5) is 12.1. The fourth-order valence-electron chi connectivity index (χ4n) is 2.69. The van der Waals surface area contributed by atoms with Crippen LogP contribution in [0, 0.1) is 0 Å². The maximum absolute atomic E-state index is 12.1. The van der Waals surface area contributed by atoms with Crippen LogP contribution in [0.5, 0.6) is 0 Å². The van der Waals surface area contributed by atoms with Gasteiger partial charge in [0.15, 0.2) is 0 Å². The van der Waals surface area contributed by atoms with E-state index < -0.39 is 10.8 Å². The minimum Gasteiger partial charge on any atom is -0.384 e. The summed E-state index contributed by atoms with van der Waals surface area (Å²) < 4.78 is 16.8. The van der Waals surface area contributed by atoms with Crippen LogP contribution in [0.15, 0.2) is 35.9 Å². The summed E-state index contributed by atoms with van der Waals surface area (Å²) in [5.41, 5.74) is 2.96. The van der Waals surface area contributed by atoms with Gasteiger partial charge in [0.05, 0.1) is 6.61 Å². The third-order valence-electron chi connectivity index (χ3n) is 3.87.